The van der Waals surface area contributed by atoms with E-state index < -0.39 is 0 Å². The Balaban J connectivity index is 1.92. The number of amides is 2. The number of nitrogens with one attached hydrogen (secondary N) is 1. The second-order valence-electron chi connectivity index (χ2n) is 6.91. The molecule has 3 rings (SSSR count). The molecule has 28 heavy (non-hydrogen) atoms. The highest BCUT2D eigenvalue weighted by Gasteiger charge is 2.35. The van der Waals surface area contributed by atoms with Crippen LogP contribution in [-0.4, -0.2) is 40.1 Å². The van der Waals surface area contributed by atoms with Gasteiger partial charge in [-0.2, -0.15) is 4.98 Å². The number of halogens is 2. The van der Waals surface area contributed by atoms with Gasteiger partial charge in [-0.05, 0) is 37.6 Å². The van der Waals surface area contributed by atoms with E-state index in [1.807, 2.05) is 24.6 Å². The summed E-state index contributed by atoms with van der Waals surface area (Å²) in [5.74, 6) is 1.24. The van der Waals surface area contributed by atoms with Gasteiger partial charge in [-0.3, -0.25) is 9.80 Å². The van der Waals surface area contributed by atoms with Crippen LogP contribution in [0.1, 0.15) is 24.6 Å². The Hall–Kier alpha value is -2.22. The average Bonchev–Trinajstić information content (AvgIpc) is 2.96. The summed E-state index contributed by atoms with van der Waals surface area (Å²) in [5.41, 5.74) is 7.86. The quantitative estimate of drug-likeness (QED) is 0.738. The van der Waals surface area contributed by atoms with Crippen molar-refractivity contribution >= 4 is 46.7 Å². The van der Waals surface area contributed by atoms with Gasteiger partial charge in [-0.25, -0.2) is 4.79 Å². The highest BCUT2D eigenvalue weighted by atomic mass is 35.5. The van der Waals surface area contributed by atoms with Crippen LogP contribution in [0.25, 0.3) is 5.70 Å². The summed E-state index contributed by atoms with van der Waals surface area (Å²) < 4.78 is 1.91. The first-order valence-electron chi connectivity index (χ1n) is 8.96. The Morgan fingerprint density at radius 3 is 2.64 bits per heavy atom. The molecule has 1 aliphatic rings. The molecule has 3 N–H and O–H groups in total. The number of rotatable bonds is 6. The van der Waals surface area contributed by atoms with Crippen molar-refractivity contribution in [2.75, 3.05) is 23.8 Å². The van der Waals surface area contributed by atoms with Gasteiger partial charge in [0.1, 0.15) is 5.69 Å². The summed E-state index contributed by atoms with van der Waals surface area (Å²) in [6, 6.07) is 5.27. The summed E-state index contributed by atoms with van der Waals surface area (Å²) in [7, 11) is 3.60. The second kappa shape index (κ2) is 8.03. The zero-order valence-electron chi connectivity index (χ0n) is 16.2. The van der Waals surface area contributed by atoms with Crippen molar-refractivity contribution in [1.82, 2.24) is 14.5 Å². The molecule has 1 aliphatic heterocycles. The molecule has 7 nitrogen and oxygen atoms in total. The van der Waals surface area contributed by atoms with Crippen LogP contribution in [0.15, 0.2) is 24.8 Å². The van der Waals surface area contributed by atoms with Crippen molar-refractivity contribution in [3.8, 4) is 0 Å². The van der Waals surface area contributed by atoms with Crippen molar-refractivity contribution < 1.29 is 4.79 Å². The predicted octanol–water partition coefficient (Wildman–Crippen LogP) is 3.92. The summed E-state index contributed by atoms with van der Waals surface area (Å²) in [6.07, 6.45) is 0.816. The monoisotopic (exact) mass is 422 g/mol. The van der Waals surface area contributed by atoms with E-state index in [4.69, 9.17) is 28.9 Å². The second-order valence-corrected chi connectivity index (χ2v) is 7.73. The fourth-order valence-corrected chi connectivity index (χ4v) is 3.53. The number of carbonyl (C=O) groups is 1. The lowest BCUT2D eigenvalue weighted by Gasteiger charge is -2.34. The Kier molecular flexibility index (Phi) is 5.88. The number of anilines is 2. The standard InChI is InChI=1S/C19H24Cl2N6O/c1-11(7-8-22)23-18-24-17-16(25(18)3)12(2)27(19(28)26(17)4)10-13-5-6-14(20)15(21)9-13/h5-6,9,11H,2,7-8,10,22H2,1,3-4H3,(H,23,24)/t11-/m1/s1. The average molecular weight is 423 g/mol. The summed E-state index contributed by atoms with van der Waals surface area (Å²) in [6.45, 7) is 7.11. The van der Waals surface area contributed by atoms with Gasteiger partial charge in [0.15, 0.2) is 5.82 Å². The number of fused-ring (bicyclic) bond motifs is 1. The molecule has 0 bridgehead atoms. The van der Waals surface area contributed by atoms with E-state index >= 15 is 0 Å². The number of hydrogen-bond donors (Lipinski definition) is 2. The van der Waals surface area contributed by atoms with Crippen LogP contribution < -0.4 is 16.0 Å². The number of hydrogen-bond acceptors (Lipinski definition) is 4. The summed E-state index contributed by atoms with van der Waals surface area (Å²) in [5, 5.41) is 4.27. The molecule has 0 fully saturated rings. The van der Waals surface area contributed by atoms with Crippen molar-refractivity contribution in [2.45, 2.75) is 25.9 Å². The molecule has 0 aliphatic carbocycles. The van der Waals surface area contributed by atoms with Crippen LogP contribution in [-0.2, 0) is 13.6 Å². The molecule has 0 spiro atoms. The number of benzene rings is 1. The highest BCUT2D eigenvalue weighted by Crippen LogP contribution is 2.37. The molecule has 2 aromatic rings. The van der Waals surface area contributed by atoms with E-state index in [-0.39, 0.29) is 12.1 Å². The smallest absolute Gasteiger partial charge is 0.330 e. The van der Waals surface area contributed by atoms with Crippen molar-refractivity contribution in [3.63, 3.8) is 0 Å². The van der Waals surface area contributed by atoms with Gasteiger partial charge in [-0.15, -0.1) is 0 Å². The minimum Gasteiger partial charge on any atom is -0.353 e. The molecule has 150 valence electrons. The Morgan fingerprint density at radius 1 is 1.29 bits per heavy atom. The van der Waals surface area contributed by atoms with Gasteiger partial charge >= 0.3 is 6.03 Å². The fraction of sp³-hybridized carbons (Fsp3) is 0.368. The van der Waals surface area contributed by atoms with Gasteiger partial charge in [0.05, 0.1) is 22.3 Å². The van der Waals surface area contributed by atoms with Crippen LogP contribution in [0.2, 0.25) is 10.0 Å². The normalized spacial score (nSPS) is 15.1. The first-order valence-corrected chi connectivity index (χ1v) is 9.72. The third-order valence-corrected chi connectivity index (χ3v) is 5.55. The molecule has 9 heteroatoms. The van der Waals surface area contributed by atoms with Gasteiger partial charge in [0, 0.05) is 20.1 Å². The molecule has 2 heterocycles. The number of nitrogens with zero attached hydrogens (tertiary/aromatic N) is 4. The predicted molar refractivity (Wildman–Crippen MR) is 115 cm³/mol. The first-order chi connectivity index (χ1) is 13.2. The summed E-state index contributed by atoms with van der Waals surface area (Å²) >= 11 is 12.1. The third kappa shape index (κ3) is 3.70. The van der Waals surface area contributed by atoms with Crippen LogP contribution in [0.5, 0.6) is 0 Å². The number of urea groups is 1. The van der Waals surface area contributed by atoms with Crippen molar-refractivity contribution in [1.29, 1.82) is 0 Å². The molecule has 0 radical (unpaired) electrons. The van der Waals surface area contributed by atoms with E-state index in [1.165, 1.54) is 4.90 Å². The SMILES string of the molecule is C=C1c2c(nc(N[C@H](C)CCN)n2C)N(C)C(=O)N1Cc1ccc(Cl)c(Cl)c1. The minimum atomic E-state index is -0.205. The van der Waals surface area contributed by atoms with Crippen LogP contribution in [0.3, 0.4) is 0 Å². The fourth-order valence-electron chi connectivity index (χ4n) is 3.21. The molecule has 1 aromatic heterocycles. The van der Waals surface area contributed by atoms with Crippen LogP contribution in [0.4, 0.5) is 16.6 Å². The van der Waals surface area contributed by atoms with E-state index in [1.54, 1.807) is 24.1 Å². The zero-order chi connectivity index (χ0) is 20.6. The van der Waals surface area contributed by atoms with Crippen LogP contribution in [0, 0.1) is 0 Å². The Morgan fingerprint density at radius 2 is 2.00 bits per heavy atom. The molecule has 2 amide bonds. The maximum atomic E-state index is 12.9. The minimum absolute atomic E-state index is 0.161. The lowest BCUT2D eigenvalue weighted by atomic mass is 10.1. The van der Waals surface area contributed by atoms with E-state index in [0.717, 1.165) is 17.7 Å². The molecule has 0 unspecified atom stereocenters. The third-order valence-electron chi connectivity index (χ3n) is 4.81. The Bertz CT molecular complexity index is 925. The van der Waals surface area contributed by atoms with E-state index in [2.05, 4.69) is 16.9 Å². The lowest BCUT2D eigenvalue weighted by molar-refractivity contribution is 0.222. The molecular formula is C19H24Cl2N6O. The van der Waals surface area contributed by atoms with Gasteiger partial charge in [0.25, 0.3) is 0 Å². The highest BCUT2D eigenvalue weighted by molar-refractivity contribution is 6.42. The topological polar surface area (TPSA) is 79.4 Å². The van der Waals surface area contributed by atoms with Crippen molar-refractivity contribution in [2.24, 2.45) is 12.8 Å². The molecule has 1 atom stereocenters. The number of imidazole rings is 1. The molecule has 0 saturated carbocycles. The number of nitrogens with two attached hydrogens (primary N) is 1. The summed E-state index contributed by atoms with van der Waals surface area (Å²) in [4.78, 5) is 20.7. The Labute approximate surface area is 174 Å². The molecular weight excluding hydrogens is 399 g/mol. The van der Waals surface area contributed by atoms with Crippen LogP contribution >= 0.6 is 23.2 Å². The van der Waals surface area contributed by atoms with E-state index in [0.29, 0.717) is 40.6 Å². The zero-order valence-corrected chi connectivity index (χ0v) is 17.7. The molecule has 0 saturated heterocycles. The van der Waals surface area contributed by atoms with Gasteiger partial charge < -0.3 is 15.6 Å². The maximum absolute atomic E-state index is 12.9. The largest absolute Gasteiger partial charge is 0.353 e. The number of aromatic nitrogens is 2. The molecule has 1 aromatic carbocycles. The first kappa shape index (κ1) is 20.5. The van der Waals surface area contributed by atoms with Gasteiger partial charge in [-0.1, -0.05) is 35.8 Å². The van der Waals surface area contributed by atoms with Gasteiger partial charge in [0.2, 0.25) is 5.95 Å². The van der Waals surface area contributed by atoms with Crippen molar-refractivity contribution in [3.05, 3.63) is 46.1 Å². The lowest BCUT2D eigenvalue weighted by Crippen LogP contribution is -2.44. The van der Waals surface area contributed by atoms with E-state index in [9.17, 15) is 4.79 Å². The maximum Gasteiger partial charge on any atom is 0.330 e. The number of carbonyl (C=O) groups excluding carboxylic acids is 1.